The Labute approximate surface area is 151 Å². The molecule has 2 unspecified atom stereocenters. The van der Waals surface area contributed by atoms with Crippen LogP contribution in [0.15, 0.2) is 4.99 Å². The van der Waals surface area contributed by atoms with E-state index in [0.29, 0.717) is 12.5 Å². The molecule has 0 aromatic carbocycles. The van der Waals surface area contributed by atoms with Crippen molar-refractivity contribution < 1.29 is 19.0 Å². The Hall–Kier alpha value is -1.34. The van der Waals surface area contributed by atoms with Crippen LogP contribution in [0.1, 0.15) is 26.2 Å². The second-order valence-corrected chi connectivity index (χ2v) is 6.97. The third kappa shape index (κ3) is 6.15. The highest BCUT2D eigenvalue weighted by molar-refractivity contribution is 5.82. The minimum Gasteiger partial charge on any atom is -0.469 e. The first kappa shape index (κ1) is 20.0. The van der Waals surface area contributed by atoms with E-state index in [-0.39, 0.29) is 17.8 Å². The number of likely N-dealkylation sites (tertiary alicyclic amines) is 1. The number of aliphatic imine (C=N–C) groups is 1. The first-order valence-corrected chi connectivity index (χ1v) is 9.34. The summed E-state index contributed by atoms with van der Waals surface area (Å²) in [6.07, 6.45) is 3.16. The molecule has 25 heavy (non-hydrogen) atoms. The zero-order valence-electron chi connectivity index (χ0n) is 15.8. The van der Waals surface area contributed by atoms with Gasteiger partial charge in [-0.15, -0.1) is 0 Å². The van der Waals surface area contributed by atoms with Gasteiger partial charge in [0.15, 0.2) is 5.96 Å². The number of carbonyl (C=O) groups excluding carboxylic acids is 1. The molecule has 2 aliphatic rings. The largest absolute Gasteiger partial charge is 0.469 e. The lowest BCUT2D eigenvalue weighted by Gasteiger charge is -2.22. The topological polar surface area (TPSA) is 72.4 Å². The maximum Gasteiger partial charge on any atom is 0.310 e. The van der Waals surface area contributed by atoms with E-state index in [1.807, 2.05) is 0 Å². The van der Waals surface area contributed by atoms with Gasteiger partial charge in [0.1, 0.15) is 0 Å². The van der Waals surface area contributed by atoms with Gasteiger partial charge in [0.2, 0.25) is 0 Å². The summed E-state index contributed by atoms with van der Waals surface area (Å²) in [6.45, 7) is 7.70. The molecule has 7 heteroatoms. The van der Waals surface area contributed by atoms with Crippen molar-refractivity contribution in [3.8, 4) is 0 Å². The van der Waals surface area contributed by atoms with Crippen molar-refractivity contribution in [3.63, 3.8) is 0 Å². The van der Waals surface area contributed by atoms with Crippen LogP contribution < -0.4 is 5.32 Å². The van der Waals surface area contributed by atoms with Crippen molar-refractivity contribution in [3.05, 3.63) is 0 Å². The Morgan fingerprint density at radius 3 is 2.76 bits per heavy atom. The molecule has 0 radical (unpaired) electrons. The Morgan fingerprint density at radius 1 is 1.32 bits per heavy atom. The second-order valence-electron chi connectivity index (χ2n) is 6.97. The monoisotopic (exact) mass is 355 g/mol. The number of guanidine groups is 1. The molecule has 2 atom stereocenters. The summed E-state index contributed by atoms with van der Waals surface area (Å²) in [5, 5.41) is 3.37. The van der Waals surface area contributed by atoms with Gasteiger partial charge in [-0.2, -0.15) is 0 Å². The van der Waals surface area contributed by atoms with Crippen molar-refractivity contribution in [2.24, 2.45) is 22.7 Å². The number of nitrogens with one attached hydrogen (secondary N) is 1. The molecule has 0 bridgehead atoms. The molecular weight excluding hydrogens is 322 g/mol. The zero-order valence-corrected chi connectivity index (χ0v) is 15.8. The lowest BCUT2D eigenvalue weighted by Crippen LogP contribution is -2.41. The molecule has 0 saturated carbocycles. The van der Waals surface area contributed by atoms with Gasteiger partial charge in [0.25, 0.3) is 0 Å². The van der Waals surface area contributed by atoms with Crippen LogP contribution in [0.25, 0.3) is 0 Å². The zero-order chi connectivity index (χ0) is 18.1. The van der Waals surface area contributed by atoms with Crippen LogP contribution in [0, 0.1) is 17.8 Å². The van der Waals surface area contributed by atoms with Crippen LogP contribution in [0.2, 0.25) is 0 Å². The molecule has 2 fully saturated rings. The molecule has 1 N–H and O–H groups in total. The van der Waals surface area contributed by atoms with Gasteiger partial charge in [-0.05, 0) is 31.1 Å². The summed E-state index contributed by atoms with van der Waals surface area (Å²) in [5.41, 5.74) is 0. The molecule has 2 aliphatic heterocycles. The molecule has 7 nitrogen and oxygen atoms in total. The number of esters is 1. The SMILES string of the molecule is CN=C(NCCCOCC1CCOCC1)N1CC(C)C(C(=O)OC)C1. The van der Waals surface area contributed by atoms with Crippen LogP contribution in [0.4, 0.5) is 0 Å². The maximum atomic E-state index is 11.8. The van der Waals surface area contributed by atoms with Gasteiger partial charge < -0.3 is 24.4 Å². The molecule has 144 valence electrons. The van der Waals surface area contributed by atoms with Crippen LogP contribution in [-0.4, -0.2) is 77.0 Å². The molecule has 0 spiro atoms. The van der Waals surface area contributed by atoms with Crippen molar-refractivity contribution in [2.75, 3.05) is 60.2 Å². The Morgan fingerprint density at radius 2 is 2.08 bits per heavy atom. The average molecular weight is 355 g/mol. The highest BCUT2D eigenvalue weighted by Gasteiger charge is 2.36. The lowest BCUT2D eigenvalue weighted by atomic mass is 9.99. The number of hydrogen-bond acceptors (Lipinski definition) is 5. The molecular formula is C18H33N3O4. The highest BCUT2D eigenvalue weighted by atomic mass is 16.5. The predicted octanol–water partition coefficient (Wildman–Crippen LogP) is 1.14. The number of hydrogen-bond donors (Lipinski definition) is 1. The van der Waals surface area contributed by atoms with Gasteiger partial charge in [-0.1, -0.05) is 6.92 Å². The fourth-order valence-corrected chi connectivity index (χ4v) is 3.47. The molecule has 2 saturated heterocycles. The summed E-state index contributed by atoms with van der Waals surface area (Å²) in [6, 6.07) is 0. The van der Waals surface area contributed by atoms with Crippen molar-refractivity contribution >= 4 is 11.9 Å². The Bertz CT molecular complexity index is 438. The average Bonchev–Trinajstić information content (AvgIpc) is 3.03. The number of carbonyl (C=O) groups is 1. The van der Waals surface area contributed by atoms with Crippen LogP contribution in [-0.2, 0) is 19.0 Å². The van der Waals surface area contributed by atoms with E-state index in [1.54, 1.807) is 7.05 Å². The van der Waals surface area contributed by atoms with Gasteiger partial charge >= 0.3 is 5.97 Å². The van der Waals surface area contributed by atoms with Gasteiger partial charge in [-0.25, -0.2) is 0 Å². The van der Waals surface area contributed by atoms with Crippen molar-refractivity contribution in [2.45, 2.75) is 26.2 Å². The minimum absolute atomic E-state index is 0.0774. The van der Waals surface area contributed by atoms with E-state index in [9.17, 15) is 4.79 Å². The van der Waals surface area contributed by atoms with Crippen LogP contribution in [0.5, 0.6) is 0 Å². The lowest BCUT2D eigenvalue weighted by molar-refractivity contribution is -0.145. The Kier molecular flexibility index (Phi) is 8.48. The van der Waals surface area contributed by atoms with E-state index in [4.69, 9.17) is 14.2 Å². The molecule has 0 amide bonds. The van der Waals surface area contributed by atoms with Crippen LogP contribution in [0.3, 0.4) is 0 Å². The summed E-state index contributed by atoms with van der Waals surface area (Å²) < 4.78 is 16.0. The number of rotatable bonds is 7. The fourth-order valence-electron chi connectivity index (χ4n) is 3.47. The van der Waals surface area contributed by atoms with Crippen molar-refractivity contribution in [1.82, 2.24) is 10.2 Å². The number of nitrogens with zero attached hydrogens (tertiary/aromatic N) is 2. The number of methoxy groups -OCH3 is 1. The maximum absolute atomic E-state index is 11.8. The van der Waals surface area contributed by atoms with E-state index >= 15 is 0 Å². The van der Waals surface area contributed by atoms with Crippen LogP contribution >= 0.6 is 0 Å². The van der Waals surface area contributed by atoms with Gasteiger partial charge in [-0.3, -0.25) is 9.79 Å². The number of ether oxygens (including phenoxy) is 3. The first-order valence-electron chi connectivity index (χ1n) is 9.34. The standard InChI is InChI=1S/C18H33N3O4/c1-14-11-21(12-16(14)17(22)23-3)18(19-2)20-7-4-8-25-13-15-5-9-24-10-6-15/h14-16H,4-13H2,1-3H3,(H,19,20). The summed E-state index contributed by atoms with van der Waals surface area (Å²) >= 11 is 0. The molecule has 2 rings (SSSR count). The Balaban J connectivity index is 1.61. The van der Waals surface area contributed by atoms with E-state index < -0.39 is 0 Å². The summed E-state index contributed by atoms with van der Waals surface area (Å²) in [4.78, 5) is 18.3. The van der Waals surface area contributed by atoms with E-state index in [2.05, 4.69) is 22.1 Å². The highest BCUT2D eigenvalue weighted by Crippen LogP contribution is 2.24. The summed E-state index contributed by atoms with van der Waals surface area (Å²) in [5.74, 6) is 1.56. The third-order valence-electron chi connectivity index (χ3n) is 5.07. The van der Waals surface area contributed by atoms with Crippen molar-refractivity contribution in [1.29, 1.82) is 0 Å². The molecule has 0 aromatic heterocycles. The van der Waals surface area contributed by atoms with E-state index in [0.717, 1.165) is 64.7 Å². The first-order chi connectivity index (χ1) is 12.2. The fraction of sp³-hybridized carbons (Fsp3) is 0.889. The summed E-state index contributed by atoms with van der Waals surface area (Å²) in [7, 11) is 3.23. The van der Waals surface area contributed by atoms with Gasteiger partial charge in [0, 0.05) is 53.1 Å². The molecule has 0 aliphatic carbocycles. The minimum atomic E-state index is -0.132. The smallest absolute Gasteiger partial charge is 0.310 e. The molecule has 0 aromatic rings. The predicted molar refractivity (Wildman–Crippen MR) is 96.6 cm³/mol. The third-order valence-corrected chi connectivity index (χ3v) is 5.07. The van der Waals surface area contributed by atoms with Gasteiger partial charge in [0.05, 0.1) is 13.0 Å². The van der Waals surface area contributed by atoms with E-state index in [1.165, 1.54) is 7.11 Å². The second kappa shape index (κ2) is 10.6. The molecule has 2 heterocycles. The normalized spacial score (nSPS) is 25.2. The quantitative estimate of drug-likeness (QED) is 0.320.